The molecule has 0 saturated carbocycles. The largest absolute Gasteiger partial charge is 0.493 e. The third-order valence-corrected chi connectivity index (χ3v) is 4.05. The highest BCUT2D eigenvalue weighted by molar-refractivity contribution is 6.32. The highest BCUT2D eigenvalue weighted by atomic mass is 35.5. The standard InChI is InChI=1S/C20H21ClN2O3/c1-14-3-5-15(6-4-14)13-26-20-17(21)11-16(12-18(20)25-2)8-10-23-19(24)7-9-22/h3-6,11-12H,7-8,10,13H2,1-2H3,(H,23,24). The van der Waals surface area contributed by atoms with Crippen LogP contribution in [0.25, 0.3) is 0 Å². The smallest absolute Gasteiger partial charge is 0.234 e. The first kappa shape index (κ1) is 19.6. The monoisotopic (exact) mass is 372 g/mol. The molecule has 26 heavy (non-hydrogen) atoms. The predicted molar refractivity (Wildman–Crippen MR) is 100 cm³/mol. The molecule has 1 N–H and O–H groups in total. The minimum absolute atomic E-state index is 0.143. The molecule has 1 amide bonds. The maximum Gasteiger partial charge on any atom is 0.234 e. The lowest BCUT2D eigenvalue weighted by Crippen LogP contribution is -2.24. The number of ether oxygens (including phenoxy) is 2. The number of hydrogen-bond donors (Lipinski definition) is 1. The molecule has 0 bridgehead atoms. The van der Waals surface area contributed by atoms with Crippen LogP contribution in [0.3, 0.4) is 0 Å². The van der Waals surface area contributed by atoms with E-state index < -0.39 is 0 Å². The zero-order valence-corrected chi connectivity index (χ0v) is 15.6. The first-order valence-electron chi connectivity index (χ1n) is 8.22. The lowest BCUT2D eigenvalue weighted by Gasteiger charge is -2.14. The molecule has 0 radical (unpaired) electrons. The molecule has 0 aromatic heterocycles. The molecule has 0 aliphatic heterocycles. The van der Waals surface area contributed by atoms with Crippen LogP contribution in [-0.4, -0.2) is 19.6 Å². The maximum atomic E-state index is 11.3. The van der Waals surface area contributed by atoms with Gasteiger partial charge < -0.3 is 14.8 Å². The van der Waals surface area contributed by atoms with Crippen LogP contribution in [0.4, 0.5) is 0 Å². The molecule has 136 valence electrons. The van der Waals surface area contributed by atoms with Gasteiger partial charge in [-0.25, -0.2) is 0 Å². The van der Waals surface area contributed by atoms with Gasteiger partial charge in [0.25, 0.3) is 0 Å². The first-order valence-corrected chi connectivity index (χ1v) is 8.59. The third-order valence-electron chi connectivity index (χ3n) is 3.77. The van der Waals surface area contributed by atoms with E-state index in [9.17, 15) is 4.79 Å². The fourth-order valence-corrected chi connectivity index (χ4v) is 2.67. The third kappa shape index (κ3) is 5.68. The molecule has 2 rings (SSSR count). The van der Waals surface area contributed by atoms with Gasteiger partial charge in [-0.3, -0.25) is 4.79 Å². The Bertz CT molecular complexity index is 798. The van der Waals surface area contributed by atoms with Gasteiger partial charge in [0.2, 0.25) is 5.91 Å². The predicted octanol–water partition coefficient (Wildman–Crippen LogP) is 3.81. The zero-order chi connectivity index (χ0) is 18.9. The summed E-state index contributed by atoms with van der Waals surface area (Å²) in [6.07, 6.45) is 0.432. The van der Waals surface area contributed by atoms with E-state index in [4.69, 9.17) is 26.3 Å². The van der Waals surface area contributed by atoms with Crippen molar-refractivity contribution in [2.75, 3.05) is 13.7 Å². The number of methoxy groups -OCH3 is 1. The number of halogens is 1. The summed E-state index contributed by atoms with van der Waals surface area (Å²) < 4.78 is 11.3. The van der Waals surface area contributed by atoms with Gasteiger partial charge in [-0.05, 0) is 36.6 Å². The molecule has 0 fully saturated rings. The summed E-state index contributed by atoms with van der Waals surface area (Å²) in [6.45, 7) is 2.84. The summed E-state index contributed by atoms with van der Waals surface area (Å²) in [7, 11) is 1.56. The van der Waals surface area contributed by atoms with Crippen LogP contribution in [0.5, 0.6) is 11.5 Å². The highest BCUT2D eigenvalue weighted by Gasteiger charge is 2.12. The highest BCUT2D eigenvalue weighted by Crippen LogP contribution is 2.37. The molecule has 0 heterocycles. The number of nitrogens with zero attached hydrogens (tertiary/aromatic N) is 1. The fourth-order valence-electron chi connectivity index (χ4n) is 2.38. The van der Waals surface area contributed by atoms with E-state index in [0.717, 1.165) is 11.1 Å². The maximum absolute atomic E-state index is 11.3. The van der Waals surface area contributed by atoms with Crippen molar-refractivity contribution >= 4 is 17.5 Å². The summed E-state index contributed by atoms with van der Waals surface area (Å²) in [5.74, 6) is 0.749. The van der Waals surface area contributed by atoms with Crippen molar-refractivity contribution in [2.24, 2.45) is 0 Å². The van der Waals surface area contributed by atoms with Crippen molar-refractivity contribution in [3.05, 3.63) is 58.1 Å². The quantitative estimate of drug-likeness (QED) is 0.764. The second-order valence-corrected chi connectivity index (χ2v) is 6.23. The summed E-state index contributed by atoms with van der Waals surface area (Å²) in [6, 6.07) is 13.5. The molecule has 0 aliphatic carbocycles. The number of nitriles is 1. The molecule has 5 nitrogen and oxygen atoms in total. The van der Waals surface area contributed by atoms with Gasteiger partial charge in [-0.15, -0.1) is 0 Å². The Morgan fingerprint density at radius 2 is 1.96 bits per heavy atom. The summed E-state index contributed by atoms with van der Waals surface area (Å²) in [4.78, 5) is 11.3. The van der Waals surface area contributed by atoms with E-state index in [1.807, 2.05) is 43.3 Å². The van der Waals surface area contributed by atoms with Gasteiger partial charge in [0.05, 0.1) is 18.2 Å². The SMILES string of the molecule is COc1cc(CCNC(=O)CC#N)cc(Cl)c1OCc1ccc(C)cc1. The summed E-state index contributed by atoms with van der Waals surface area (Å²) in [5.41, 5.74) is 3.14. The molecule has 6 heteroatoms. The normalized spacial score (nSPS) is 10.1. The van der Waals surface area contributed by atoms with Crippen LogP contribution >= 0.6 is 11.6 Å². The van der Waals surface area contributed by atoms with Gasteiger partial charge in [-0.2, -0.15) is 5.26 Å². The zero-order valence-electron chi connectivity index (χ0n) is 14.8. The molecule has 0 saturated heterocycles. The van der Waals surface area contributed by atoms with Gasteiger partial charge in [0.15, 0.2) is 11.5 Å². The molecule has 0 spiro atoms. The number of nitrogens with one attached hydrogen (secondary N) is 1. The van der Waals surface area contributed by atoms with Crippen molar-refractivity contribution in [3.63, 3.8) is 0 Å². The van der Waals surface area contributed by atoms with E-state index in [2.05, 4.69) is 5.32 Å². The lowest BCUT2D eigenvalue weighted by molar-refractivity contribution is -0.120. The Labute approximate surface area is 158 Å². The second-order valence-electron chi connectivity index (χ2n) is 5.82. The first-order chi connectivity index (χ1) is 12.5. The molecular weight excluding hydrogens is 352 g/mol. The molecule has 2 aromatic rings. The average molecular weight is 373 g/mol. The van der Waals surface area contributed by atoms with Crippen molar-refractivity contribution in [2.45, 2.75) is 26.4 Å². The van der Waals surface area contributed by atoms with Crippen molar-refractivity contribution in [3.8, 4) is 17.6 Å². The average Bonchev–Trinajstić information content (AvgIpc) is 2.62. The van der Waals surface area contributed by atoms with Crippen molar-refractivity contribution in [1.82, 2.24) is 5.32 Å². The van der Waals surface area contributed by atoms with Crippen LogP contribution in [-0.2, 0) is 17.8 Å². The Hall–Kier alpha value is -2.71. The molecule has 0 unspecified atom stereocenters. The van der Waals surface area contributed by atoms with Crippen molar-refractivity contribution < 1.29 is 14.3 Å². The Balaban J connectivity index is 2.02. The van der Waals surface area contributed by atoms with E-state index >= 15 is 0 Å². The van der Waals surface area contributed by atoms with E-state index in [-0.39, 0.29) is 12.3 Å². The van der Waals surface area contributed by atoms with Gasteiger partial charge >= 0.3 is 0 Å². The molecule has 0 aliphatic rings. The molecular formula is C20H21ClN2O3. The van der Waals surface area contributed by atoms with Crippen LogP contribution < -0.4 is 14.8 Å². The molecule has 2 aromatic carbocycles. The Morgan fingerprint density at radius 1 is 1.23 bits per heavy atom. The number of amides is 1. The van der Waals surface area contributed by atoms with Crippen LogP contribution in [0, 0.1) is 18.3 Å². The number of carbonyl (C=O) groups excluding carboxylic acids is 1. The number of hydrogen-bond acceptors (Lipinski definition) is 4. The van der Waals surface area contributed by atoms with Crippen molar-refractivity contribution in [1.29, 1.82) is 5.26 Å². The Kier molecular flexibility index (Phi) is 7.31. The van der Waals surface area contributed by atoms with Gasteiger partial charge in [-0.1, -0.05) is 41.4 Å². The number of aryl methyl sites for hydroxylation is 1. The minimum atomic E-state index is -0.288. The lowest BCUT2D eigenvalue weighted by atomic mass is 10.1. The fraction of sp³-hybridized carbons (Fsp3) is 0.300. The number of carbonyl (C=O) groups is 1. The number of benzene rings is 2. The Morgan fingerprint density at radius 3 is 2.62 bits per heavy atom. The molecule has 0 atom stereocenters. The van der Waals surface area contributed by atoms with E-state index in [0.29, 0.717) is 36.1 Å². The summed E-state index contributed by atoms with van der Waals surface area (Å²) >= 11 is 6.36. The van der Waals surface area contributed by atoms with Gasteiger partial charge in [0.1, 0.15) is 13.0 Å². The van der Waals surface area contributed by atoms with Crippen LogP contribution in [0.2, 0.25) is 5.02 Å². The second kappa shape index (κ2) is 9.69. The van der Waals surface area contributed by atoms with Gasteiger partial charge in [0, 0.05) is 6.54 Å². The van der Waals surface area contributed by atoms with E-state index in [1.165, 1.54) is 5.56 Å². The van der Waals surface area contributed by atoms with Crippen LogP contribution in [0.1, 0.15) is 23.1 Å². The summed E-state index contributed by atoms with van der Waals surface area (Å²) in [5, 5.41) is 11.6. The topological polar surface area (TPSA) is 71.3 Å². The minimum Gasteiger partial charge on any atom is -0.493 e. The van der Waals surface area contributed by atoms with E-state index in [1.54, 1.807) is 13.2 Å². The number of rotatable bonds is 8. The van der Waals surface area contributed by atoms with Crippen LogP contribution in [0.15, 0.2) is 36.4 Å².